The van der Waals surface area contributed by atoms with Crippen LogP contribution >= 0.6 is 0 Å². The van der Waals surface area contributed by atoms with Gasteiger partial charge in [0.1, 0.15) is 0 Å². The van der Waals surface area contributed by atoms with E-state index in [1.165, 1.54) is 11.7 Å². The third kappa shape index (κ3) is 3.92. The Balaban J connectivity index is 1.62. The Morgan fingerprint density at radius 1 is 1.15 bits per heavy atom. The minimum atomic E-state index is -0.306. The molecule has 0 unspecified atom stereocenters. The molecule has 1 saturated heterocycles. The molecular weight excluding hydrogens is 332 g/mol. The van der Waals surface area contributed by atoms with E-state index in [4.69, 9.17) is 0 Å². The highest BCUT2D eigenvalue weighted by molar-refractivity contribution is 6.04. The van der Waals surface area contributed by atoms with Gasteiger partial charge in [0.15, 0.2) is 5.69 Å². The summed E-state index contributed by atoms with van der Waals surface area (Å²) >= 11 is 0. The molecule has 0 atom stereocenters. The van der Waals surface area contributed by atoms with Crippen molar-refractivity contribution in [1.82, 2.24) is 20.0 Å². The van der Waals surface area contributed by atoms with Crippen LogP contribution in [0.1, 0.15) is 42.6 Å². The molecule has 1 aliphatic rings. The van der Waals surface area contributed by atoms with E-state index in [0.717, 1.165) is 25.8 Å². The summed E-state index contributed by atoms with van der Waals surface area (Å²) < 4.78 is 1.19. The predicted molar refractivity (Wildman–Crippen MR) is 99.0 cm³/mol. The van der Waals surface area contributed by atoms with Gasteiger partial charge in [0.05, 0.1) is 5.39 Å². The minimum absolute atomic E-state index is 0.208. The monoisotopic (exact) mass is 356 g/mol. The minimum Gasteiger partial charge on any atom is -0.351 e. The zero-order chi connectivity index (χ0) is 18.5. The first-order chi connectivity index (χ1) is 12.6. The van der Waals surface area contributed by atoms with Gasteiger partial charge in [-0.15, -0.1) is 0 Å². The molecule has 7 heteroatoms. The van der Waals surface area contributed by atoms with E-state index in [1.807, 2.05) is 4.90 Å². The van der Waals surface area contributed by atoms with Crippen LogP contribution in [0.15, 0.2) is 29.1 Å². The highest BCUT2D eigenvalue weighted by atomic mass is 16.2. The van der Waals surface area contributed by atoms with Crippen molar-refractivity contribution in [3.8, 4) is 0 Å². The summed E-state index contributed by atoms with van der Waals surface area (Å²) in [6.07, 6.45) is 4.44. The first-order valence-electron chi connectivity index (χ1n) is 9.10. The maximum Gasteiger partial charge on any atom is 0.274 e. The highest BCUT2D eigenvalue weighted by Crippen LogP contribution is 2.13. The maximum atomic E-state index is 12.5. The van der Waals surface area contributed by atoms with Crippen molar-refractivity contribution in [2.75, 3.05) is 19.6 Å². The third-order valence-corrected chi connectivity index (χ3v) is 4.73. The molecule has 3 rings (SSSR count). The summed E-state index contributed by atoms with van der Waals surface area (Å²) in [7, 11) is 1.54. The number of hydrogen-bond donors (Lipinski definition) is 1. The normalized spacial score (nSPS) is 15.1. The molecule has 0 spiro atoms. The fraction of sp³-hybridized carbons (Fsp3) is 0.474. The van der Waals surface area contributed by atoms with Gasteiger partial charge in [0.25, 0.3) is 11.5 Å². The van der Waals surface area contributed by atoms with Crippen molar-refractivity contribution in [3.63, 3.8) is 0 Å². The number of benzene rings is 1. The molecule has 1 N–H and O–H groups in total. The van der Waals surface area contributed by atoms with E-state index in [0.29, 0.717) is 36.7 Å². The molecule has 1 aromatic heterocycles. The predicted octanol–water partition coefficient (Wildman–Crippen LogP) is 1.46. The van der Waals surface area contributed by atoms with Gasteiger partial charge >= 0.3 is 0 Å². The van der Waals surface area contributed by atoms with Crippen LogP contribution in [0.25, 0.3) is 10.8 Å². The number of aryl methyl sites for hydroxylation is 1. The number of carbonyl (C=O) groups is 2. The number of rotatable bonds is 5. The number of aromatic nitrogens is 2. The van der Waals surface area contributed by atoms with Crippen LogP contribution in [-0.4, -0.2) is 46.1 Å². The summed E-state index contributed by atoms with van der Waals surface area (Å²) in [5.41, 5.74) is 0.0189. The fourth-order valence-electron chi connectivity index (χ4n) is 3.30. The van der Waals surface area contributed by atoms with Crippen molar-refractivity contribution < 1.29 is 9.59 Å². The standard InChI is InChI=1S/C19H24N4O3/c1-22-19(26)15-9-5-4-8-14(15)17(21-22)18(25)20-11-7-13-23-12-6-2-3-10-16(23)24/h4-5,8-9H,2-3,6-7,10-13H2,1H3,(H,20,25). The number of fused-ring (bicyclic) bond motifs is 1. The SMILES string of the molecule is Cn1nc(C(=O)NCCCN2CCCCCC2=O)c2ccccc2c1=O. The molecule has 26 heavy (non-hydrogen) atoms. The zero-order valence-electron chi connectivity index (χ0n) is 15.0. The van der Waals surface area contributed by atoms with Crippen LogP contribution in [0.2, 0.25) is 0 Å². The van der Waals surface area contributed by atoms with Crippen LogP contribution in [0.3, 0.4) is 0 Å². The second kappa shape index (κ2) is 8.12. The number of carbonyl (C=O) groups excluding carboxylic acids is 2. The van der Waals surface area contributed by atoms with Gasteiger partial charge in [-0.2, -0.15) is 5.10 Å². The van der Waals surface area contributed by atoms with Crippen LogP contribution < -0.4 is 10.9 Å². The van der Waals surface area contributed by atoms with Gasteiger partial charge in [0, 0.05) is 38.5 Å². The molecule has 0 saturated carbocycles. The smallest absolute Gasteiger partial charge is 0.274 e. The second-order valence-electron chi connectivity index (χ2n) is 6.62. The summed E-state index contributed by atoms with van der Waals surface area (Å²) in [6.45, 7) is 1.92. The van der Waals surface area contributed by atoms with Crippen LogP contribution in [0.4, 0.5) is 0 Å². The Labute approximate surface area is 152 Å². The second-order valence-corrected chi connectivity index (χ2v) is 6.62. The lowest BCUT2D eigenvalue weighted by molar-refractivity contribution is -0.130. The summed E-state index contributed by atoms with van der Waals surface area (Å²) in [5.74, 6) is -0.0986. The molecule has 7 nitrogen and oxygen atoms in total. The van der Waals surface area contributed by atoms with Crippen LogP contribution in [0.5, 0.6) is 0 Å². The lowest BCUT2D eigenvalue weighted by atomic mass is 10.1. The van der Waals surface area contributed by atoms with Crippen molar-refractivity contribution in [3.05, 3.63) is 40.3 Å². The maximum absolute atomic E-state index is 12.5. The first kappa shape index (κ1) is 18.1. The molecular formula is C19H24N4O3. The van der Waals surface area contributed by atoms with E-state index < -0.39 is 0 Å². The Morgan fingerprint density at radius 2 is 1.92 bits per heavy atom. The number of hydrogen-bond acceptors (Lipinski definition) is 4. The van der Waals surface area contributed by atoms with E-state index in [-0.39, 0.29) is 23.1 Å². The number of amides is 2. The van der Waals surface area contributed by atoms with E-state index in [1.54, 1.807) is 24.3 Å². The number of nitrogens with one attached hydrogen (secondary N) is 1. The van der Waals surface area contributed by atoms with Gasteiger partial charge in [-0.25, -0.2) is 4.68 Å². The molecule has 2 aromatic rings. The highest BCUT2D eigenvalue weighted by Gasteiger charge is 2.17. The Morgan fingerprint density at radius 3 is 2.73 bits per heavy atom. The first-order valence-corrected chi connectivity index (χ1v) is 9.10. The topological polar surface area (TPSA) is 84.3 Å². The average molecular weight is 356 g/mol. The molecule has 0 bridgehead atoms. The van der Waals surface area contributed by atoms with E-state index >= 15 is 0 Å². The molecule has 1 aliphatic heterocycles. The zero-order valence-corrected chi connectivity index (χ0v) is 15.0. The van der Waals surface area contributed by atoms with Crippen molar-refractivity contribution in [2.24, 2.45) is 7.05 Å². The lowest BCUT2D eigenvalue weighted by Crippen LogP contribution is -2.34. The van der Waals surface area contributed by atoms with E-state index in [2.05, 4.69) is 10.4 Å². The molecule has 1 fully saturated rings. The van der Waals surface area contributed by atoms with Crippen molar-refractivity contribution in [1.29, 1.82) is 0 Å². The molecule has 0 radical (unpaired) electrons. The lowest BCUT2D eigenvalue weighted by Gasteiger charge is -2.20. The fourth-order valence-corrected chi connectivity index (χ4v) is 3.30. The quantitative estimate of drug-likeness (QED) is 0.822. The van der Waals surface area contributed by atoms with Crippen molar-refractivity contribution >= 4 is 22.6 Å². The molecule has 138 valence electrons. The van der Waals surface area contributed by atoms with Gasteiger partial charge in [0.2, 0.25) is 5.91 Å². The molecule has 2 heterocycles. The Bertz CT molecular complexity index is 875. The van der Waals surface area contributed by atoms with Gasteiger partial charge in [-0.1, -0.05) is 24.6 Å². The molecule has 1 aromatic carbocycles. The van der Waals surface area contributed by atoms with Crippen LogP contribution in [-0.2, 0) is 11.8 Å². The van der Waals surface area contributed by atoms with E-state index in [9.17, 15) is 14.4 Å². The van der Waals surface area contributed by atoms with Gasteiger partial charge < -0.3 is 10.2 Å². The summed E-state index contributed by atoms with van der Waals surface area (Å²) in [5, 5.41) is 8.00. The summed E-state index contributed by atoms with van der Waals surface area (Å²) in [4.78, 5) is 38.5. The van der Waals surface area contributed by atoms with Crippen LogP contribution in [0, 0.1) is 0 Å². The average Bonchev–Trinajstić information content (AvgIpc) is 2.86. The summed E-state index contributed by atoms with van der Waals surface area (Å²) in [6, 6.07) is 6.98. The third-order valence-electron chi connectivity index (χ3n) is 4.73. The molecule has 2 amide bonds. The Hall–Kier alpha value is -2.70. The van der Waals surface area contributed by atoms with Crippen molar-refractivity contribution in [2.45, 2.75) is 32.1 Å². The van der Waals surface area contributed by atoms with Gasteiger partial charge in [-0.05, 0) is 25.3 Å². The van der Waals surface area contributed by atoms with Gasteiger partial charge in [-0.3, -0.25) is 14.4 Å². The Kier molecular flexibility index (Phi) is 5.65. The number of nitrogens with zero attached hydrogens (tertiary/aromatic N) is 3. The number of likely N-dealkylation sites (tertiary alicyclic amines) is 1. The largest absolute Gasteiger partial charge is 0.351 e. The molecule has 0 aliphatic carbocycles.